The SMILES string of the molecule is Cc1[nH]c2ccccc2c1C=Nc1ccccc1C(=O)Nc1ccccc1. The maximum atomic E-state index is 12.7. The average molecular weight is 353 g/mol. The number of H-pyrrole nitrogens is 1. The number of aliphatic imine (C=N–C) groups is 1. The summed E-state index contributed by atoms with van der Waals surface area (Å²) in [7, 11) is 0. The second-order valence-corrected chi connectivity index (χ2v) is 6.30. The molecule has 4 aromatic rings. The summed E-state index contributed by atoms with van der Waals surface area (Å²) in [5.41, 5.74) is 5.08. The third-order valence-electron chi connectivity index (χ3n) is 4.46. The third kappa shape index (κ3) is 3.51. The number of aromatic nitrogens is 1. The summed E-state index contributed by atoms with van der Waals surface area (Å²) in [6, 6.07) is 24.9. The minimum atomic E-state index is -0.176. The molecule has 0 spiro atoms. The number of fused-ring (bicyclic) bond motifs is 1. The largest absolute Gasteiger partial charge is 0.358 e. The van der Waals surface area contributed by atoms with Gasteiger partial charge in [-0.25, -0.2) is 0 Å². The van der Waals surface area contributed by atoms with Gasteiger partial charge in [-0.3, -0.25) is 9.79 Å². The van der Waals surface area contributed by atoms with Gasteiger partial charge in [-0.2, -0.15) is 0 Å². The van der Waals surface area contributed by atoms with Crippen molar-refractivity contribution < 1.29 is 4.79 Å². The van der Waals surface area contributed by atoms with Gasteiger partial charge < -0.3 is 10.3 Å². The molecule has 0 aliphatic carbocycles. The van der Waals surface area contributed by atoms with E-state index in [0.29, 0.717) is 11.3 Å². The number of hydrogen-bond donors (Lipinski definition) is 2. The molecule has 0 saturated heterocycles. The number of nitrogens with zero attached hydrogens (tertiary/aromatic N) is 1. The van der Waals surface area contributed by atoms with E-state index in [1.165, 1.54) is 0 Å². The van der Waals surface area contributed by atoms with E-state index < -0.39 is 0 Å². The molecule has 0 aliphatic rings. The lowest BCUT2D eigenvalue weighted by atomic mass is 10.1. The molecule has 0 radical (unpaired) electrons. The normalized spacial score (nSPS) is 11.1. The smallest absolute Gasteiger partial charge is 0.257 e. The Morgan fingerprint density at radius 1 is 0.926 bits per heavy atom. The number of rotatable bonds is 4. The van der Waals surface area contributed by atoms with Gasteiger partial charge in [-0.15, -0.1) is 0 Å². The molecule has 0 unspecified atom stereocenters. The molecule has 0 bridgehead atoms. The van der Waals surface area contributed by atoms with Crippen LogP contribution in [0.1, 0.15) is 21.6 Å². The standard InChI is InChI=1S/C23H19N3O/c1-16-20(18-11-5-8-14-22(18)25-16)15-24-21-13-7-6-12-19(21)23(27)26-17-9-3-2-4-10-17/h2-15,25H,1H3,(H,26,27). The number of carbonyl (C=O) groups is 1. The van der Waals surface area contributed by atoms with Crippen molar-refractivity contribution in [3.63, 3.8) is 0 Å². The van der Waals surface area contributed by atoms with E-state index in [9.17, 15) is 4.79 Å². The molecule has 1 amide bonds. The first-order valence-corrected chi connectivity index (χ1v) is 8.79. The summed E-state index contributed by atoms with van der Waals surface area (Å²) >= 11 is 0. The first kappa shape index (κ1) is 16.8. The van der Waals surface area contributed by atoms with Crippen LogP contribution < -0.4 is 5.32 Å². The van der Waals surface area contributed by atoms with E-state index in [2.05, 4.69) is 21.4 Å². The minimum absolute atomic E-state index is 0.176. The molecule has 4 heteroatoms. The molecule has 132 valence electrons. The van der Waals surface area contributed by atoms with Gasteiger partial charge in [0.25, 0.3) is 5.91 Å². The van der Waals surface area contributed by atoms with Crippen LogP contribution in [-0.4, -0.2) is 17.1 Å². The molecule has 0 fully saturated rings. The van der Waals surface area contributed by atoms with Crippen LogP contribution in [-0.2, 0) is 0 Å². The second-order valence-electron chi connectivity index (χ2n) is 6.30. The molecule has 4 nitrogen and oxygen atoms in total. The Kier molecular flexibility index (Phi) is 4.54. The van der Waals surface area contributed by atoms with Gasteiger partial charge >= 0.3 is 0 Å². The molecular formula is C23H19N3O. The Morgan fingerprint density at radius 3 is 2.48 bits per heavy atom. The first-order chi connectivity index (χ1) is 13.2. The van der Waals surface area contributed by atoms with Crippen molar-refractivity contribution in [2.75, 3.05) is 5.32 Å². The molecular weight excluding hydrogens is 334 g/mol. The van der Waals surface area contributed by atoms with Crippen molar-refractivity contribution >= 4 is 34.4 Å². The lowest BCUT2D eigenvalue weighted by Crippen LogP contribution is -2.11. The van der Waals surface area contributed by atoms with Crippen LogP contribution in [0.15, 0.2) is 83.9 Å². The summed E-state index contributed by atoms with van der Waals surface area (Å²) < 4.78 is 0. The number of carbonyl (C=O) groups excluding carboxylic acids is 1. The molecule has 1 heterocycles. The van der Waals surface area contributed by atoms with Crippen molar-refractivity contribution in [3.8, 4) is 0 Å². The lowest BCUT2D eigenvalue weighted by molar-refractivity contribution is 0.102. The highest BCUT2D eigenvalue weighted by Crippen LogP contribution is 2.23. The van der Waals surface area contributed by atoms with Gasteiger partial charge in [0, 0.05) is 34.1 Å². The van der Waals surface area contributed by atoms with Gasteiger partial charge in [0.05, 0.1) is 11.3 Å². The monoisotopic (exact) mass is 353 g/mol. The van der Waals surface area contributed by atoms with E-state index in [1.54, 1.807) is 6.07 Å². The topological polar surface area (TPSA) is 57.2 Å². The van der Waals surface area contributed by atoms with Gasteiger partial charge in [0.15, 0.2) is 0 Å². The maximum Gasteiger partial charge on any atom is 0.257 e. The van der Waals surface area contributed by atoms with Crippen LogP contribution >= 0.6 is 0 Å². The van der Waals surface area contributed by atoms with E-state index in [1.807, 2.05) is 79.9 Å². The summed E-state index contributed by atoms with van der Waals surface area (Å²) in [6.45, 7) is 2.02. The first-order valence-electron chi connectivity index (χ1n) is 8.79. The van der Waals surface area contributed by atoms with Gasteiger partial charge in [0.2, 0.25) is 0 Å². The van der Waals surface area contributed by atoms with Crippen LogP contribution in [0.3, 0.4) is 0 Å². The zero-order chi connectivity index (χ0) is 18.6. The number of amides is 1. The van der Waals surface area contributed by atoms with E-state index in [4.69, 9.17) is 0 Å². The van der Waals surface area contributed by atoms with Crippen LogP contribution in [0.5, 0.6) is 0 Å². The Morgan fingerprint density at radius 2 is 1.63 bits per heavy atom. The predicted molar refractivity (Wildman–Crippen MR) is 111 cm³/mol. The van der Waals surface area contributed by atoms with E-state index in [-0.39, 0.29) is 5.91 Å². The molecule has 3 aromatic carbocycles. The fraction of sp³-hybridized carbons (Fsp3) is 0.0435. The van der Waals surface area contributed by atoms with Crippen LogP contribution in [0.4, 0.5) is 11.4 Å². The Hall–Kier alpha value is -3.66. The second kappa shape index (κ2) is 7.30. The van der Waals surface area contributed by atoms with Crippen molar-refractivity contribution in [2.24, 2.45) is 4.99 Å². The van der Waals surface area contributed by atoms with Gasteiger partial charge in [-0.05, 0) is 37.3 Å². The predicted octanol–water partition coefficient (Wildman–Crippen LogP) is 5.48. The highest BCUT2D eigenvalue weighted by Gasteiger charge is 2.11. The number of aromatic amines is 1. The maximum absolute atomic E-state index is 12.7. The van der Waals surface area contributed by atoms with Crippen LogP contribution in [0.2, 0.25) is 0 Å². The van der Waals surface area contributed by atoms with Crippen molar-refractivity contribution in [2.45, 2.75) is 6.92 Å². The molecule has 0 aliphatic heterocycles. The number of para-hydroxylation sites is 3. The van der Waals surface area contributed by atoms with Crippen LogP contribution in [0, 0.1) is 6.92 Å². The Labute approximate surface area is 157 Å². The molecule has 4 rings (SSSR count). The lowest BCUT2D eigenvalue weighted by Gasteiger charge is -2.07. The molecule has 27 heavy (non-hydrogen) atoms. The van der Waals surface area contributed by atoms with Gasteiger partial charge in [-0.1, -0.05) is 48.5 Å². The molecule has 2 N–H and O–H groups in total. The fourth-order valence-corrected chi connectivity index (χ4v) is 3.10. The molecule has 0 atom stereocenters. The number of hydrogen-bond acceptors (Lipinski definition) is 2. The number of nitrogens with one attached hydrogen (secondary N) is 2. The number of anilines is 1. The summed E-state index contributed by atoms with van der Waals surface area (Å²) in [5.74, 6) is -0.176. The highest BCUT2D eigenvalue weighted by atomic mass is 16.1. The highest BCUT2D eigenvalue weighted by molar-refractivity contribution is 6.08. The number of aryl methyl sites for hydroxylation is 1. The molecule has 1 aromatic heterocycles. The summed E-state index contributed by atoms with van der Waals surface area (Å²) in [5, 5.41) is 4.03. The number of benzene rings is 3. The van der Waals surface area contributed by atoms with E-state index >= 15 is 0 Å². The van der Waals surface area contributed by atoms with Crippen molar-refractivity contribution in [1.82, 2.24) is 4.98 Å². The van der Waals surface area contributed by atoms with Gasteiger partial charge in [0.1, 0.15) is 0 Å². The summed E-state index contributed by atoms with van der Waals surface area (Å²) in [4.78, 5) is 20.7. The quantitative estimate of drug-likeness (QED) is 0.469. The Balaban J connectivity index is 1.66. The fourth-order valence-electron chi connectivity index (χ4n) is 3.10. The van der Waals surface area contributed by atoms with E-state index in [0.717, 1.165) is 27.8 Å². The van der Waals surface area contributed by atoms with Crippen molar-refractivity contribution in [1.29, 1.82) is 0 Å². The average Bonchev–Trinajstić information content (AvgIpc) is 3.02. The zero-order valence-corrected chi connectivity index (χ0v) is 14.9. The Bertz CT molecular complexity index is 1130. The van der Waals surface area contributed by atoms with Crippen molar-refractivity contribution in [3.05, 3.63) is 95.7 Å². The zero-order valence-electron chi connectivity index (χ0n) is 14.9. The summed E-state index contributed by atoms with van der Waals surface area (Å²) in [6.07, 6.45) is 1.82. The molecule has 0 saturated carbocycles. The third-order valence-corrected chi connectivity index (χ3v) is 4.46. The van der Waals surface area contributed by atoms with Crippen LogP contribution in [0.25, 0.3) is 10.9 Å². The minimum Gasteiger partial charge on any atom is -0.358 e.